The van der Waals surface area contributed by atoms with Crippen LogP contribution >= 0.6 is 0 Å². The van der Waals surface area contributed by atoms with Gasteiger partial charge in [0, 0.05) is 12.2 Å². The van der Waals surface area contributed by atoms with E-state index in [-0.39, 0.29) is 6.04 Å². The molecule has 2 rings (SSSR count). The summed E-state index contributed by atoms with van der Waals surface area (Å²) in [5.74, 6) is 5.05. The molecule has 0 aliphatic carbocycles. The number of rotatable bonds is 3. The van der Waals surface area contributed by atoms with E-state index in [9.17, 15) is 13.2 Å². The topological polar surface area (TPSA) is 38.5 Å². The van der Waals surface area contributed by atoms with E-state index < -0.39 is 11.7 Å². The van der Waals surface area contributed by atoms with Crippen molar-refractivity contribution in [3.63, 3.8) is 0 Å². The molecule has 0 fully saturated rings. The van der Waals surface area contributed by atoms with Gasteiger partial charge in [0.15, 0.2) is 0 Å². The summed E-state index contributed by atoms with van der Waals surface area (Å²) in [5.41, 5.74) is 0.938. The summed E-state index contributed by atoms with van der Waals surface area (Å²) in [6.45, 7) is 2.98. The molecule has 1 aromatic rings. The van der Waals surface area contributed by atoms with E-state index in [1.165, 1.54) is 12.1 Å². The second-order valence-electron chi connectivity index (χ2n) is 4.32. The van der Waals surface area contributed by atoms with Crippen molar-refractivity contribution in [3.8, 4) is 0 Å². The van der Waals surface area contributed by atoms with Gasteiger partial charge in [-0.25, -0.2) is 5.90 Å². The predicted octanol–water partition coefficient (Wildman–Crippen LogP) is 2.35. The molecular weight excluding hydrogens is 245 g/mol. The third-order valence-electron chi connectivity index (χ3n) is 3.24. The first kappa shape index (κ1) is 13.2. The van der Waals surface area contributed by atoms with Crippen LogP contribution in [0.3, 0.4) is 0 Å². The van der Waals surface area contributed by atoms with Crippen molar-refractivity contribution in [2.45, 2.75) is 25.6 Å². The molecule has 1 unspecified atom stereocenters. The normalized spacial score (nSPS) is 19.2. The van der Waals surface area contributed by atoms with Gasteiger partial charge in [0.05, 0.1) is 18.2 Å². The molecule has 6 heteroatoms. The number of likely N-dealkylation sites (N-methyl/N-ethyl adjacent to an activating group) is 1. The quantitative estimate of drug-likeness (QED) is 0.848. The molecule has 0 aromatic heterocycles. The van der Waals surface area contributed by atoms with Crippen molar-refractivity contribution in [1.82, 2.24) is 0 Å². The second kappa shape index (κ2) is 4.78. The molecule has 1 heterocycles. The maximum Gasteiger partial charge on any atom is 0.416 e. The maximum atomic E-state index is 12.6. The van der Waals surface area contributed by atoms with Crippen LogP contribution < -0.4 is 10.8 Å². The Morgan fingerprint density at radius 3 is 2.72 bits per heavy atom. The fraction of sp³-hybridized carbons (Fsp3) is 0.500. The summed E-state index contributed by atoms with van der Waals surface area (Å²) in [6.07, 6.45) is -3.77. The molecule has 3 nitrogen and oxygen atoms in total. The lowest BCUT2D eigenvalue weighted by Gasteiger charge is -2.25. The van der Waals surface area contributed by atoms with Gasteiger partial charge >= 0.3 is 6.18 Å². The van der Waals surface area contributed by atoms with Crippen LogP contribution in [-0.4, -0.2) is 19.2 Å². The van der Waals surface area contributed by atoms with Crippen molar-refractivity contribution < 1.29 is 18.0 Å². The lowest BCUT2D eigenvalue weighted by Crippen LogP contribution is -2.36. The molecule has 1 aliphatic rings. The van der Waals surface area contributed by atoms with Gasteiger partial charge in [0.1, 0.15) is 0 Å². The molecule has 0 bridgehead atoms. The van der Waals surface area contributed by atoms with Crippen molar-refractivity contribution in [2.75, 3.05) is 18.1 Å². The van der Waals surface area contributed by atoms with Gasteiger partial charge < -0.3 is 9.74 Å². The number of anilines is 1. The lowest BCUT2D eigenvalue weighted by molar-refractivity contribution is -0.137. The van der Waals surface area contributed by atoms with Gasteiger partial charge in [-0.05, 0) is 37.1 Å². The highest BCUT2D eigenvalue weighted by Crippen LogP contribution is 2.37. The molecule has 2 N–H and O–H groups in total. The molecule has 1 aromatic carbocycles. The van der Waals surface area contributed by atoms with E-state index in [0.717, 1.165) is 11.8 Å². The fourth-order valence-electron chi connectivity index (χ4n) is 2.45. The van der Waals surface area contributed by atoms with Crippen molar-refractivity contribution in [2.24, 2.45) is 5.90 Å². The molecule has 1 aliphatic heterocycles. The largest absolute Gasteiger partial charge is 0.416 e. The first-order valence-electron chi connectivity index (χ1n) is 5.75. The van der Waals surface area contributed by atoms with Crippen LogP contribution in [0, 0.1) is 0 Å². The van der Waals surface area contributed by atoms with Gasteiger partial charge in [0.2, 0.25) is 0 Å². The van der Waals surface area contributed by atoms with Gasteiger partial charge in [-0.15, -0.1) is 0 Å². The Labute approximate surface area is 103 Å². The number of halogens is 3. The molecule has 0 spiro atoms. The SMILES string of the molecule is CCN1c2ccc(C(F)(F)F)cc2CC1CON. The van der Waals surface area contributed by atoms with E-state index in [1.54, 1.807) is 0 Å². The van der Waals surface area contributed by atoms with Crippen LogP contribution in [0.5, 0.6) is 0 Å². The first-order valence-corrected chi connectivity index (χ1v) is 5.75. The van der Waals surface area contributed by atoms with Gasteiger partial charge in [-0.3, -0.25) is 0 Å². The summed E-state index contributed by atoms with van der Waals surface area (Å²) < 4.78 is 37.9. The Bertz CT molecular complexity index is 434. The predicted molar refractivity (Wildman–Crippen MR) is 62.1 cm³/mol. The van der Waals surface area contributed by atoms with Crippen LogP contribution in [0.15, 0.2) is 18.2 Å². The average Bonchev–Trinajstić information content (AvgIpc) is 2.64. The summed E-state index contributed by atoms with van der Waals surface area (Å²) in [5, 5.41) is 0. The number of benzene rings is 1. The van der Waals surface area contributed by atoms with Crippen molar-refractivity contribution >= 4 is 5.69 Å². The highest BCUT2D eigenvalue weighted by molar-refractivity contribution is 5.60. The van der Waals surface area contributed by atoms with Crippen LogP contribution in [0.4, 0.5) is 18.9 Å². The minimum atomic E-state index is -4.30. The molecule has 1 atom stereocenters. The third-order valence-corrected chi connectivity index (χ3v) is 3.24. The van der Waals surface area contributed by atoms with Crippen LogP contribution in [0.2, 0.25) is 0 Å². The lowest BCUT2D eigenvalue weighted by atomic mass is 10.1. The zero-order valence-corrected chi connectivity index (χ0v) is 10.00. The number of alkyl halides is 3. The zero-order valence-electron chi connectivity index (χ0n) is 10.00. The smallest absolute Gasteiger partial charge is 0.366 e. The fourth-order valence-corrected chi connectivity index (χ4v) is 2.45. The first-order chi connectivity index (χ1) is 8.47. The summed E-state index contributed by atoms with van der Waals surface area (Å²) in [4.78, 5) is 6.64. The van der Waals surface area contributed by atoms with Crippen LogP contribution in [0.25, 0.3) is 0 Å². The highest BCUT2D eigenvalue weighted by atomic mass is 19.4. The Morgan fingerprint density at radius 2 is 2.17 bits per heavy atom. The molecule has 0 amide bonds. The van der Waals surface area contributed by atoms with Gasteiger partial charge in [0.25, 0.3) is 0 Å². The Kier molecular flexibility index (Phi) is 3.49. The summed E-state index contributed by atoms with van der Waals surface area (Å²) in [7, 11) is 0. The van der Waals surface area contributed by atoms with Gasteiger partial charge in [-0.1, -0.05) is 0 Å². The number of hydrogen-bond donors (Lipinski definition) is 1. The van der Waals surface area contributed by atoms with E-state index in [0.29, 0.717) is 25.1 Å². The molecule has 18 heavy (non-hydrogen) atoms. The maximum absolute atomic E-state index is 12.6. The van der Waals surface area contributed by atoms with E-state index >= 15 is 0 Å². The molecular formula is C12H15F3N2O. The van der Waals surface area contributed by atoms with E-state index in [2.05, 4.69) is 4.84 Å². The standard InChI is InChI=1S/C12H15F3N2O/c1-2-17-10(7-18-16)6-8-5-9(12(13,14)15)3-4-11(8)17/h3-5,10H,2,6-7,16H2,1H3. The molecule has 100 valence electrons. The Hall–Kier alpha value is -1.27. The zero-order chi connectivity index (χ0) is 13.3. The Balaban J connectivity index is 2.32. The second-order valence-corrected chi connectivity index (χ2v) is 4.32. The molecule has 0 radical (unpaired) electrons. The number of nitrogens with zero attached hydrogens (tertiary/aromatic N) is 1. The van der Waals surface area contributed by atoms with Crippen molar-refractivity contribution in [1.29, 1.82) is 0 Å². The van der Waals surface area contributed by atoms with Gasteiger partial charge in [-0.2, -0.15) is 13.2 Å². The molecule has 0 saturated heterocycles. The van der Waals surface area contributed by atoms with Crippen LogP contribution in [0.1, 0.15) is 18.1 Å². The minimum Gasteiger partial charge on any atom is -0.366 e. The third kappa shape index (κ3) is 2.30. The monoisotopic (exact) mass is 260 g/mol. The average molecular weight is 260 g/mol. The minimum absolute atomic E-state index is 0.0125. The van der Waals surface area contributed by atoms with E-state index in [4.69, 9.17) is 5.90 Å². The summed E-state index contributed by atoms with van der Waals surface area (Å²) in [6, 6.07) is 3.87. The van der Waals surface area contributed by atoms with E-state index in [1.807, 2.05) is 11.8 Å². The highest BCUT2D eigenvalue weighted by Gasteiger charge is 2.34. The molecule has 0 saturated carbocycles. The number of hydrogen-bond acceptors (Lipinski definition) is 3. The van der Waals surface area contributed by atoms with Crippen LogP contribution in [-0.2, 0) is 17.4 Å². The summed E-state index contributed by atoms with van der Waals surface area (Å²) >= 11 is 0. The van der Waals surface area contributed by atoms with Crippen molar-refractivity contribution in [3.05, 3.63) is 29.3 Å². The number of nitrogens with two attached hydrogens (primary N) is 1. The number of fused-ring (bicyclic) bond motifs is 1. The Morgan fingerprint density at radius 1 is 1.44 bits per heavy atom.